The predicted molar refractivity (Wildman–Crippen MR) is 209 cm³/mol. The van der Waals surface area contributed by atoms with Gasteiger partial charge in [0.2, 0.25) is 0 Å². The van der Waals surface area contributed by atoms with Crippen LogP contribution in [0.1, 0.15) is 131 Å². The third-order valence-corrected chi connectivity index (χ3v) is 11.6. The summed E-state index contributed by atoms with van der Waals surface area (Å²) in [5.41, 5.74) is 14.6. The maximum atomic E-state index is 11.0. The first-order chi connectivity index (χ1) is 22.9. The van der Waals surface area contributed by atoms with E-state index in [4.69, 9.17) is 0 Å². The van der Waals surface area contributed by atoms with Gasteiger partial charge in [-0.3, -0.25) is 0 Å². The summed E-state index contributed by atoms with van der Waals surface area (Å²) < 4.78 is 5.35. The zero-order chi connectivity index (χ0) is 35.5. The molecule has 0 radical (unpaired) electrons. The molecule has 3 aliphatic rings. The van der Waals surface area contributed by atoms with Gasteiger partial charge in [0.25, 0.3) is 0 Å². The zero-order valence-electron chi connectivity index (χ0n) is 30.1. The monoisotopic (exact) mass is 945 g/mol. The van der Waals surface area contributed by atoms with E-state index in [0.717, 1.165) is 47.1 Å². The first-order valence-electron chi connectivity index (χ1n) is 17.6. The van der Waals surface area contributed by atoms with E-state index < -0.39 is 0 Å². The number of aromatic nitrogens is 1. The average molecular weight is 948 g/mol. The van der Waals surface area contributed by atoms with Gasteiger partial charge in [-0.1, -0.05) is 54.9 Å². The number of hydrogen-bond acceptors (Lipinski definition) is 2. The fraction of sp³-hybridized carbons (Fsp3) is 0.476. The largest absolute Gasteiger partial charge is 0.665 e. The summed E-state index contributed by atoms with van der Waals surface area (Å²) in [6.07, 6.45) is 12.8. The van der Waals surface area contributed by atoms with Crippen LogP contribution in [0.2, 0.25) is 0 Å². The SMILES string of the molecule is CC(C)c1cccc(C(C)C)c1[N]=[W].CC1C(c2c(O)c(Br)cc3c2CCCC3)=C2CCCCC2=C[C@@H]1Br.Cc1ccc(C)[n-]1.[CH2-]C[CH2-]. The Morgan fingerprint density at radius 3 is 1.98 bits per heavy atom. The van der Waals surface area contributed by atoms with Crippen LogP contribution in [0.3, 0.4) is 0 Å². The molecule has 2 atom stereocenters. The van der Waals surface area contributed by atoms with Gasteiger partial charge in [0.05, 0.1) is 4.47 Å². The number of nitrogens with zero attached hydrogens (tertiary/aromatic N) is 2. The molecule has 0 spiro atoms. The van der Waals surface area contributed by atoms with Crippen LogP contribution >= 0.6 is 31.9 Å². The molecule has 3 nitrogen and oxygen atoms in total. The molecule has 1 N–H and O–H groups in total. The van der Waals surface area contributed by atoms with Crippen LogP contribution in [-0.2, 0) is 32.5 Å². The minimum Gasteiger partial charge on any atom is -0.665 e. The molecular weight excluding hydrogens is 892 g/mol. The molecule has 6 heteroatoms. The standard InChI is InChI=1S/C21H24Br2O.C12H17N.C6H8N.C3H6.W/c1-12-17(22)10-13-6-2-4-8-15(13)19(12)20-16-9-5-3-7-14(16)11-18(23)21(20)24;1-8(2)10-6-5-7-11(9(3)4)12(10)13;1-5-3-4-6(2)7-5;1-3-2;/h10-12,17,24H,2-9H2,1H3;5-9H,1-4H3;3-4H,1-2H3;1-3H2;/q;;-1;-2;/t12?,17-;;;;/m0..../s1. The molecule has 0 bridgehead atoms. The molecule has 262 valence electrons. The maximum absolute atomic E-state index is 11.0. The Bertz CT molecular complexity index is 1540. The number of phenols is 1. The van der Waals surface area contributed by atoms with E-state index in [9.17, 15) is 5.11 Å². The molecule has 2 aromatic carbocycles. The molecule has 3 aliphatic carbocycles. The second-order valence-corrected chi connectivity index (χ2v) is 16.3. The van der Waals surface area contributed by atoms with E-state index in [1.165, 1.54) is 96.4 Å². The molecule has 1 aromatic heterocycles. The quantitative estimate of drug-likeness (QED) is 0.209. The molecule has 1 unspecified atom stereocenters. The number of benzene rings is 2. The molecule has 0 aliphatic heterocycles. The van der Waals surface area contributed by atoms with Crippen molar-refractivity contribution in [3.05, 3.63) is 111 Å². The Kier molecular flexibility index (Phi) is 16.8. The maximum Gasteiger partial charge on any atom is 0.137 e. The van der Waals surface area contributed by atoms with Crippen molar-refractivity contribution < 1.29 is 24.7 Å². The number of aryl methyl sites for hydroxylation is 3. The van der Waals surface area contributed by atoms with Crippen LogP contribution in [0.25, 0.3) is 5.57 Å². The van der Waals surface area contributed by atoms with E-state index in [0.29, 0.717) is 28.3 Å². The van der Waals surface area contributed by atoms with Gasteiger partial charge >= 0.3 is 97.7 Å². The number of aromatic hydroxyl groups is 1. The number of rotatable bonds is 4. The fourth-order valence-corrected chi connectivity index (χ4v) is 8.74. The number of fused-ring (bicyclic) bond motifs is 2. The van der Waals surface area contributed by atoms with Crippen molar-refractivity contribution in [2.75, 3.05) is 0 Å². The third kappa shape index (κ3) is 10.5. The predicted octanol–water partition coefficient (Wildman–Crippen LogP) is 13.3. The zero-order valence-corrected chi connectivity index (χ0v) is 36.2. The van der Waals surface area contributed by atoms with Crippen molar-refractivity contribution in [2.24, 2.45) is 9.41 Å². The second kappa shape index (κ2) is 19.7. The van der Waals surface area contributed by atoms with Gasteiger partial charge in [-0.15, -0.1) is 0 Å². The van der Waals surface area contributed by atoms with Gasteiger partial charge in [0, 0.05) is 10.4 Å². The first-order valence-corrected chi connectivity index (χ1v) is 20.6. The number of halogens is 2. The molecule has 0 amide bonds. The van der Waals surface area contributed by atoms with Crippen molar-refractivity contribution in [1.29, 1.82) is 0 Å². The molecule has 1 fully saturated rings. The van der Waals surface area contributed by atoms with Gasteiger partial charge in [-0.2, -0.15) is 11.4 Å². The Labute approximate surface area is 319 Å². The first kappa shape index (κ1) is 40.9. The van der Waals surface area contributed by atoms with Crippen LogP contribution < -0.4 is 4.98 Å². The Balaban J connectivity index is 0.000000219. The van der Waals surface area contributed by atoms with E-state index in [-0.39, 0.29) is 0 Å². The van der Waals surface area contributed by atoms with Gasteiger partial charge in [-0.25, -0.2) is 0 Å². The van der Waals surface area contributed by atoms with Crippen molar-refractivity contribution >= 4 is 43.1 Å². The van der Waals surface area contributed by atoms with Crippen molar-refractivity contribution in [3.8, 4) is 5.75 Å². The van der Waals surface area contributed by atoms with Crippen LogP contribution in [-0.4, -0.2) is 9.93 Å². The summed E-state index contributed by atoms with van der Waals surface area (Å²) >= 11 is 8.79. The van der Waals surface area contributed by atoms with Crippen LogP contribution in [0, 0.1) is 33.6 Å². The van der Waals surface area contributed by atoms with Crippen molar-refractivity contribution in [3.63, 3.8) is 0 Å². The second-order valence-electron chi connectivity index (χ2n) is 13.7. The van der Waals surface area contributed by atoms with E-state index >= 15 is 0 Å². The molecule has 6 rings (SSSR count). The summed E-state index contributed by atoms with van der Waals surface area (Å²) in [6.45, 7) is 21.9. The normalized spacial score (nSPS) is 18.3. The van der Waals surface area contributed by atoms with Gasteiger partial charge < -0.3 is 30.4 Å². The molecule has 3 aromatic rings. The van der Waals surface area contributed by atoms with Crippen LogP contribution in [0.5, 0.6) is 5.75 Å². The van der Waals surface area contributed by atoms with Gasteiger partial charge in [-0.05, 0) is 107 Å². The molecule has 1 heterocycles. The molecular formula is C42H55Br2N2OW-3. The topological polar surface area (TPSA) is 46.7 Å². The summed E-state index contributed by atoms with van der Waals surface area (Å²) in [6, 6.07) is 12.7. The summed E-state index contributed by atoms with van der Waals surface area (Å²) in [4.78, 5) is 4.47. The third-order valence-electron chi connectivity index (χ3n) is 9.33. The number of allylic oxidation sites excluding steroid dienone is 4. The Morgan fingerprint density at radius 1 is 0.917 bits per heavy atom. The van der Waals surface area contributed by atoms with Crippen molar-refractivity contribution in [1.82, 2.24) is 4.98 Å². The number of alkyl halides is 1. The summed E-state index contributed by atoms with van der Waals surface area (Å²) in [5.74, 6) is 1.98. The minimum atomic E-state index is 0.363. The number of phenolic OH excluding ortho intramolecular Hbond substituents is 1. The summed E-state index contributed by atoms with van der Waals surface area (Å²) in [7, 11) is 0. The molecule has 48 heavy (non-hydrogen) atoms. The van der Waals surface area contributed by atoms with Crippen molar-refractivity contribution in [2.45, 2.75) is 123 Å². The van der Waals surface area contributed by atoms with Crippen LogP contribution in [0.15, 0.2) is 61.6 Å². The van der Waals surface area contributed by atoms with Gasteiger partial charge in [0.1, 0.15) is 5.75 Å². The van der Waals surface area contributed by atoms with E-state index in [1.807, 2.05) is 26.0 Å². The van der Waals surface area contributed by atoms with E-state index in [2.05, 4.69) is 119 Å². The smallest absolute Gasteiger partial charge is 0.137 e. The minimum absolute atomic E-state index is 0.363. The van der Waals surface area contributed by atoms with Crippen LogP contribution in [0.4, 0.5) is 5.69 Å². The van der Waals surface area contributed by atoms with E-state index in [1.54, 1.807) is 0 Å². The van der Waals surface area contributed by atoms with Gasteiger partial charge in [0.15, 0.2) is 0 Å². The average Bonchev–Trinajstić information content (AvgIpc) is 3.45. The fourth-order valence-electron chi connectivity index (χ4n) is 6.93. The Morgan fingerprint density at radius 2 is 1.46 bits per heavy atom. The molecule has 0 saturated heterocycles. The molecule has 1 saturated carbocycles. The Hall–Kier alpha value is -1.55. The number of hydrogen-bond donors (Lipinski definition) is 1. The summed E-state index contributed by atoms with van der Waals surface area (Å²) in [5, 5.41) is 11.0.